The molecule has 0 aromatic carbocycles. The first-order chi connectivity index (χ1) is 12.5. The van der Waals surface area contributed by atoms with E-state index in [0.29, 0.717) is 18.1 Å². The number of nitrogens with two attached hydrogens (primary N) is 1. The van der Waals surface area contributed by atoms with Crippen molar-refractivity contribution in [2.45, 2.75) is 37.7 Å². The number of methoxy groups -OCH3 is 1. The molecule has 0 unspecified atom stereocenters. The van der Waals surface area contributed by atoms with E-state index in [2.05, 4.69) is 20.5 Å². The highest BCUT2D eigenvalue weighted by Gasteiger charge is 2.29. The number of carbonyl (C=O) groups excluding carboxylic acids is 2. The number of aromatic nitrogens is 3. The van der Waals surface area contributed by atoms with Crippen molar-refractivity contribution >= 4 is 17.8 Å². The van der Waals surface area contributed by atoms with Crippen molar-refractivity contribution in [2.24, 2.45) is 5.73 Å². The molecule has 1 aliphatic rings. The number of pyridine rings is 1. The third-order valence-electron chi connectivity index (χ3n) is 4.35. The van der Waals surface area contributed by atoms with Crippen LogP contribution in [-0.4, -0.2) is 40.4 Å². The molecule has 4 N–H and O–H groups in total. The van der Waals surface area contributed by atoms with Gasteiger partial charge in [-0.1, -0.05) is 0 Å². The lowest BCUT2D eigenvalue weighted by molar-refractivity contribution is -0.115. The van der Waals surface area contributed by atoms with Crippen molar-refractivity contribution in [2.75, 3.05) is 12.4 Å². The second-order valence-corrected chi connectivity index (χ2v) is 6.21. The predicted molar refractivity (Wildman–Crippen MR) is 92.8 cm³/mol. The Bertz CT molecular complexity index is 791. The zero-order valence-corrected chi connectivity index (χ0v) is 14.4. The standard InChI is InChI=1S/C17H21N5O4/c1-25-16-7-10(4-5-19-16)6-15(23)20-14-9-13(21-22-14)11-2-3-12(8-11)26-17(18)24/h4-5,7,9,11-12H,2-3,6,8H2,1H3,(H2,18,24)(H2,20,21,22,23)/t11-,12+/m1/s1. The van der Waals surface area contributed by atoms with Crippen LogP contribution in [0, 0.1) is 0 Å². The van der Waals surface area contributed by atoms with Crippen LogP contribution in [0.15, 0.2) is 24.4 Å². The summed E-state index contributed by atoms with van der Waals surface area (Å²) in [5.74, 6) is 0.941. The molecule has 0 saturated heterocycles. The number of nitrogens with zero attached hydrogens (tertiary/aromatic N) is 2. The Morgan fingerprint density at radius 3 is 3.00 bits per heavy atom. The van der Waals surface area contributed by atoms with Gasteiger partial charge >= 0.3 is 6.09 Å². The summed E-state index contributed by atoms with van der Waals surface area (Å²) in [4.78, 5) is 27.0. The summed E-state index contributed by atoms with van der Waals surface area (Å²) in [7, 11) is 1.53. The first-order valence-corrected chi connectivity index (χ1v) is 8.33. The van der Waals surface area contributed by atoms with Gasteiger partial charge in [0.1, 0.15) is 6.10 Å². The zero-order chi connectivity index (χ0) is 18.5. The Balaban J connectivity index is 1.55. The van der Waals surface area contributed by atoms with Gasteiger partial charge in [0, 0.05) is 29.9 Å². The smallest absolute Gasteiger partial charge is 0.404 e. The number of anilines is 1. The van der Waals surface area contributed by atoms with Gasteiger partial charge in [-0.3, -0.25) is 9.89 Å². The van der Waals surface area contributed by atoms with Crippen LogP contribution in [0.25, 0.3) is 0 Å². The van der Waals surface area contributed by atoms with Gasteiger partial charge in [-0.15, -0.1) is 0 Å². The number of amides is 2. The number of ether oxygens (including phenoxy) is 2. The van der Waals surface area contributed by atoms with E-state index in [1.165, 1.54) is 7.11 Å². The summed E-state index contributed by atoms with van der Waals surface area (Å²) in [5, 5.41) is 9.85. The number of carbonyl (C=O) groups is 2. The second kappa shape index (κ2) is 7.85. The van der Waals surface area contributed by atoms with Gasteiger partial charge in [0.2, 0.25) is 11.8 Å². The molecule has 1 aliphatic carbocycles. The Kier molecular flexibility index (Phi) is 5.35. The lowest BCUT2D eigenvalue weighted by Crippen LogP contribution is -2.20. The summed E-state index contributed by atoms with van der Waals surface area (Å²) in [5.41, 5.74) is 6.76. The van der Waals surface area contributed by atoms with Crippen LogP contribution >= 0.6 is 0 Å². The zero-order valence-electron chi connectivity index (χ0n) is 14.4. The number of primary amides is 1. The molecule has 2 atom stereocenters. The van der Waals surface area contributed by atoms with Crippen LogP contribution in [0.5, 0.6) is 5.88 Å². The van der Waals surface area contributed by atoms with Crippen LogP contribution < -0.4 is 15.8 Å². The van der Waals surface area contributed by atoms with E-state index < -0.39 is 6.09 Å². The average Bonchev–Trinajstić information content (AvgIpc) is 3.23. The van der Waals surface area contributed by atoms with Crippen LogP contribution in [-0.2, 0) is 16.0 Å². The van der Waals surface area contributed by atoms with E-state index in [1.807, 2.05) is 6.07 Å². The molecule has 0 spiro atoms. The molecular weight excluding hydrogens is 338 g/mol. The molecule has 2 aromatic heterocycles. The normalized spacial score (nSPS) is 19.1. The van der Waals surface area contributed by atoms with Crippen molar-refractivity contribution in [3.8, 4) is 5.88 Å². The number of H-pyrrole nitrogens is 1. The van der Waals surface area contributed by atoms with Crippen molar-refractivity contribution in [3.63, 3.8) is 0 Å². The Morgan fingerprint density at radius 2 is 2.23 bits per heavy atom. The second-order valence-electron chi connectivity index (χ2n) is 6.21. The topological polar surface area (TPSA) is 132 Å². The maximum absolute atomic E-state index is 12.2. The SMILES string of the molecule is COc1cc(CC(=O)Nc2cc([C@@H]3CC[C@H](OC(N)=O)C3)[nH]n2)ccn1. The van der Waals surface area contributed by atoms with Gasteiger partial charge in [0.05, 0.1) is 13.5 Å². The minimum Gasteiger partial charge on any atom is -0.481 e. The highest BCUT2D eigenvalue weighted by Crippen LogP contribution is 2.35. The van der Waals surface area contributed by atoms with Gasteiger partial charge in [-0.25, -0.2) is 9.78 Å². The fraction of sp³-hybridized carbons (Fsp3) is 0.412. The molecule has 1 saturated carbocycles. The van der Waals surface area contributed by atoms with Crippen LogP contribution in [0.2, 0.25) is 0 Å². The molecule has 0 radical (unpaired) electrons. The lowest BCUT2D eigenvalue weighted by Gasteiger charge is -2.09. The molecule has 2 aromatic rings. The minimum atomic E-state index is -0.749. The number of nitrogens with one attached hydrogen (secondary N) is 2. The van der Waals surface area contributed by atoms with E-state index in [4.69, 9.17) is 15.2 Å². The molecule has 138 valence electrons. The summed E-state index contributed by atoms with van der Waals surface area (Å²) in [6.07, 6.45) is 3.19. The van der Waals surface area contributed by atoms with Crippen LogP contribution in [0.1, 0.15) is 36.4 Å². The minimum absolute atomic E-state index is 0.166. The molecule has 3 rings (SSSR count). The van der Waals surface area contributed by atoms with E-state index >= 15 is 0 Å². The fourth-order valence-electron chi connectivity index (χ4n) is 3.15. The summed E-state index contributed by atoms with van der Waals surface area (Å²) >= 11 is 0. The van der Waals surface area contributed by atoms with Crippen molar-refractivity contribution in [3.05, 3.63) is 35.7 Å². The van der Waals surface area contributed by atoms with Crippen molar-refractivity contribution in [1.82, 2.24) is 15.2 Å². The number of hydrogen-bond acceptors (Lipinski definition) is 6. The molecule has 26 heavy (non-hydrogen) atoms. The predicted octanol–water partition coefficient (Wildman–Crippen LogP) is 1.73. The van der Waals surface area contributed by atoms with Crippen molar-refractivity contribution in [1.29, 1.82) is 0 Å². The maximum Gasteiger partial charge on any atom is 0.404 e. The van der Waals surface area contributed by atoms with Gasteiger partial charge < -0.3 is 20.5 Å². The van der Waals surface area contributed by atoms with E-state index in [-0.39, 0.29) is 24.3 Å². The van der Waals surface area contributed by atoms with E-state index in [0.717, 1.165) is 24.1 Å². The number of rotatable bonds is 6. The molecular formula is C17H21N5O4. The first kappa shape index (κ1) is 17.7. The first-order valence-electron chi connectivity index (χ1n) is 8.33. The highest BCUT2D eigenvalue weighted by molar-refractivity contribution is 5.91. The Hall–Kier alpha value is -3.10. The molecule has 9 heteroatoms. The third kappa shape index (κ3) is 4.50. The molecule has 2 heterocycles. The van der Waals surface area contributed by atoms with Gasteiger partial charge in [0.25, 0.3) is 0 Å². The Morgan fingerprint density at radius 1 is 1.38 bits per heavy atom. The quantitative estimate of drug-likeness (QED) is 0.719. The molecule has 0 aliphatic heterocycles. The molecule has 9 nitrogen and oxygen atoms in total. The molecule has 2 amide bonds. The highest BCUT2D eigenvalue weighted by atomic mass is 16.6. The largest absolute Gasteiger partial charge is 0.481 e. The number of aromatic amines is 1. The van der Waals surface area contributed by atoms with Crippen LogP contribution in [0.3, 0.4) is 0 Å². The summed E-state index contributed by atoms with van der Waals surface area (Å²) < 4.78 is 10.1. The van der Waals surface area contributed by atoms with Gasteiger partial charge in [-0.2, -0.15) is 5.10 Å². The fourth-order valence-corrected chi connectivity index (χ4v) is 3.15. The van der Waals surface area contributed by atoms with E-state index in [1.54, 1.807) is 18.3 Å². The van der Waals surface area contributed by atoms with E-state index in [9.17, 15) is 9.59 Å². The lowest BCUT2D eigenvalue weighted by atomic mass is 10.0. The average molecular weight is 359 g/mol. The van der Waals surface area contributed by atoms with Crippen LogP contribution in [0.4, 0.5) is 10.6 Å². The number of hydrogen-bond donors (Lipinski definition) is 3. The van der Waals surface area contributed by atoms with Gasteiger partial charge in [0.15, 0.2) is 5.82 Å². The molecule has 1 fully saturated rings. The molecule has 0 bridgehead atoms. The van der Waals surface area contributed by atoms with Gasteiger partial charge in [-0.05, 0) is 30.9 Å². The summed E-state index contributed by atoms with van der Waals surface area (Å²) in [6.45, 7) is 0. The monoisotopic (exact) mass is 359 g/mol. The maximum atomic E-state index is 12.2. The summed E-state index contributed by atoms with van der Waals surface area (Å²) in [6, 6.07) is 5.28. The third-order valence-corrected chi connectivity index (χ3v) is 4.35. The Labute approximate surface area is 150 Å². The van der Waals surface area contributed by atoms with Crippen molar-refractivity contribution < 1.29 is 19.1 Å².